The van der Waals surface area contributed by atoms with Gasteiger partial charge in [-0.1, -0.05) is 97.2 Å². The monoisotopic (exact) mass is 502 g/mol. The molecule has 0 saturated carbocycles. The van der Waals surface area contributed by atoms with E-state index < -0.39 is 6.04 Å². The fraction of sp³-hybridized carbons (Fsp3) is 0.231. The SMILES string of the molecule is CC(C)C(=O)N(Cc1ccc(Cl)cc1)[C@@H](C(=O)NCc1ccc(Cl)cc1Cl)c1ccccc1. The third-order valence-corrected chi connectivity index (χ3v) is 6.03. The van der Waals surface area contributed by atoms with E-state index in [0.29, 0.717) is 15.1 Å². The van der Waals surface area contributed by atoms with E-state index in [0.717, 1.165) is 16.7 Å². The number of nitrogens with zero attached hydrogens (tertiary/aromatic N) is 1. The molecule has 0 aliphatic carbocycles. The van der Waals surface area contributed by atoms with Gasteiger partial charge in [-0.3, -0.25) is 9.59 Å². The van der Waals surface area contributed by atoms with E-state index in [1.165, 1.54) is 0 Å². The molecule has 4 nitrogen and oxygen atoms in total. The second kappa shape index (κ2) is 11.6. The highest BCUT2D eigenvalue weighted by Crippen LogP contribution is 2.27. The topological polar surface area (TPSA) is 49.4 Å². The summed E-state index contributed by atoms with van der Waals surface area (Å²) in [7, 11) is 0. The first-order valence-electron chi connectivity index (χ1n) is 10.6. The van der Waals surface area contributed by atoms with E-state index in [1.54, 1.807) is 35.2 Å². The fourth-order valence-electron chi connectivity index (χ4n) is 3.47. The normalized spacial score (nSPS) is 11.8. The summed E-state index contributed by atoms with van der Waals surface area (Å²) < 4.78 is 0. The van der Waals surface area contributed by atoms with E-state index >= 15 is 0 Å². The Morgan fingerprint density at radius 2 is 1.52 bits per heavy atom. The van der Waals surface area contributed by atoms with Crippen LogP contribution in [0.15, 0.2) is 72.8 Å². The molecule has 1 N–H and O–H groups in total. The number of hydrogen-bond donors (Lipinski definition) is 1. The van der Waals surface area contributed by atoms with Crippen molar-refractivity contribution >= 4 is 46.6 Å². The predicted molar refractivity (Wildman–Crippen MR) is 134 cm³/mol. The van der Waals surface area contributed by atoms with Crippen LogP contribution in [0.5, 0.6) is 0 Å². The highest BCUT2D eigenvalue weighted by atomic mass is 35.5. The van der Waals surface area contributed by atoms with Gasteiger partial charge in [0.2, 0.25) is 11.8 Å². The van der Waals surface area contributed by atoms with Crippen LogP contribution in [-0.2, 0) is 22.7 Å². The Morgan fingerprint density at radius 3 is 2.12 bits per heavy atom. The van der Waals surface area contributed by atoms with Gasteiger partial charge in [0.15, 0.2) is 0 Å². The van der Waals surface area contributed by atoms with Crippen molar-refractivity contribution in [1.29, 1.82) is 0 Å². The first kappa shape index (κ1) is 25.1. The van der Waals surface area contributed by atoms with Gasteiger partial charge in [0.1, 0.15) is 6.04 Å². The summed E-state index contributed by atoms with van der Waals surface area (Å²) >= 11 is 18.3. The lowest BCUT2D eigenvalue weighted by molar-refractivity contribution is -0.144. The van der Waals surface area contributed by atoms with Crippen molar-refractivity contribution in [2.24, 2.45) is 5.92 Å². The average molecular weight is 504 g/mol. The molecule has 0 radical (unpaired) electrons. The van der Waals surface area contributed by atoms with Crippen LogP contribution in [0.1, 0.15) is 36.6 Å². The molecular formula is C26H25Cl3N2O2. The molecule has 2 amide bonds. The van der Waals surface area contributed by atoms with Gasteiger partial charge in [-0.25, -0.2) is 0 Å². The summed E-state index contributed by atoms with van der Waals surface area (Å²) in [5.41, 5.74) is 2.34. The van der Waals surface area contributed by atoms with Gasteiger partial charge in [0.25, 0.3) is 0 Å². The van der Waals surface area contributed by atoms with Gasteiger partial charge >= 0.3 is 0 Å². The fourth-order valence-corrected chi connectivity index (χ4v) is 4.07. The van der Waals surface area contributed by atoms with Crippen LogP contribution >= 0.6 is 34.8 Å². The first-order valence-corrected chi connectivity index (χ1v) is 11.7. The van der Waals surface area contributed by atoms with E-state index in [1.807, 2.05) is 56.3 Å². The molecule has 0 heterocycles. The van der Waals surface area contributed by atoms with Crippen LogP contribution in [0.4, 0.5) is 0 Å². The van der Waals surface area contributed by atoms with Crippen molar-refractivity contribution in [1.82, 2.24) is 10.2 Å². The van der Waals surface area contributed by atoms with Crippen LogP contribution in [0, 0.1) is 5.92 Å². The standard InChI is InChI=1S/C26H25Cl3N2O2/c1-17(2)26(33)31(16-18-8-11-21(27)12-9-18)24(19-6-4-3-5-7-19)25(32)30-15-20-10-13-22(28)14-23(20)29/h3-14,17,24H,15-16H2,1-2H3,(H,30,32)/t24-/m1/s1. The maximum Gasteiger partial charge on any atom is 0.247 e. The first-order chi connectivity index (χ1) is 15.8. The lowest BCUT2D eigenvalue weighted by atomic mass is 10.0. The molecule has 0 unspecified atom stereocenters. The Balaban J connectivity index is 1.94. The largest absolute Gasteiger partial charge is 0.350 e. The quantitative estimate of drug-likeness (QED) is 0.372. The molecule has 0 fully saturated rings. The summed E-state index contributed by atoms with van der Waals surface area (Å²) in [5, 5.41) is 4.54. The van der Waals surface area contributed by atoms with Crippen molar-refractivity contribution in [3.63, 3.8) is 0 Å². The smallest absolute Gasteiger partial charge is 0.247 e. The lowest BCUT2D eigenvalue weighted by Gasteiger charge is -2.33. The molecule has 0 aliphatic rings. The molecule has 0 aliphatic heterocycles. The number of benzene rings is 3. The van der Waals surface area contributed by atoms with Gasteiger partial charge in [-0.15, -0.1) is 0 Å². The molecule has 3 aromatic rings. The second-order valence-electron chi connectivity index (χ2n) is 8.01. The minimum atomic E-state index is -0.817. The summed E-state index contributed by atoms with van der Waals surface area (Å²) in [4.78, 5) is 28.4. The molecule has 33 heavy (non-hydrogen) atoms. The maximum atomic E-state index is 13.5. The number of carbonyl (C=O) groups excluding carboxylic acids is 2. The van der Waals surface area contributed by atoms with Crippen molar-refractivity contribution in [2.75, 3.05) is 0 Å². The Morgan fingerprint density at radius 1 is 0.879 bits per heavy atom. The second-order valence-corrected chi connectivity index (χ2v) is 9.29. The molecule has 3 rings (SSSR count). The van der Waals surface area contributed by atoms with Crippen LogP contribution in [0.2, 0.25) is 15.1 Å². The summed E-state index contributed by atoms with van der Waals surface area (Å²) in [6.45, 7) is 4.13. The highest BCUT2D eigenvalue weighted by molar-refractivity contribution is 6.35. The van der Waals surface area contributed by atoms with Gasteiger partial charge in [0.05, 0.1) is 0 Å². The van der Waals surface area contributed by atoms with Crippen molar-refractivity contribution in [3.8, 4) is 0 Å². The van der Waals surface area contributed by atoms with Crippen molar-refractivity contribution in [3.05, 3.63) is 105 Å². The number of rotatable bonds is 8. The lowest BCUT2D eigenvalue weighted by Crippen LogP contribution is -2.44. The number of hydrogen-bond acceptors (Lipinski definition) is 2. The zero-order valence-corrected chi connectivity index (χ0v) is 20.7. The van der Waals surface area contributed by atoms with Gasteiger partial charge in [-0.05, 0) is 41.0 Å². The number of halogens is 3. The van der Waals surface area contributed by atoms with Crippen LogP contribution in [-0.4, -0.2) is 16.7 Å². The molecule has 0 aromatic heterocycles. The summed E-state index contributed by atoms with van der Waals surface area (Å²) in [6.07, 6.45) is 0. The predicted octanol–water partition coefficient (Wildman–Crippen LogP) is 6.69. The van der Waals surface area contributed by atoms with Crippen LogP contribution in [0.3, 0.4) is 0 Å². The molecule has 0 bridgehead atoms. The minimum absolute atomic E-state index is 0.126. The zero-order chi connectivity index (χ0) is 24.0. The molecule has 0 saturated heterocycles. The maximum absolute atomic E-state index is 13.5. The summed E-state index contributed by atoms with van der Waals surface area (Å²) in [6, 6.07) is 20.8. The molecule has 1 atom stereocenters. The minimum Gasteiger partial charge on any atom is -0.350 e. The summed E-state index contributed by atoms with van der Waals surface area (Å²) in [5.74, 6) is -0.712. The Labute approximate surface area is 209 Å². The van der Waals surface area contributed by atoms with E-state index in [2.05, 4.69) is 5.32 Å². The Hall–Kier alpha value is -2.53. The van der Waals surface area contributed by atoms with Crippen LogP contribution < -0.4 is 5.32 Å². The van der Waals surface area contributed by atoms with E-state index in [4.69, 9.17) is 34.8 Å². The van der Waals surface area contributed by atoms with Gasteiger partial charge in [-0.2, -0.15) is 0 Å². The van der Waals surface area contributed by atoms with Crippen LogP contribution in [0.25, 0.3) is 0 Å². The molecule has 3 aromatic carbocycles. The van der Waals surface area contributed by atoms with E-state index in [9.17, 15) is 9.59 Å². The van der Waals surface area contributed by atoms with Crippen molar-refractivity contribution < 1.29 is 9.59 Å². The Kier molecular flexibility index (Phi) is 8.79. The van der Waals surface area contributed by atoms with Crippen molar-refractivity contribution in [2.45, 2.75) is 33.0 Å². The molecule has 172 valence electrons. The third-order valence-electron chi connectivity index (χ3n) is 5.19. The average Bonchev–Trinajstić information content (AvgIpc) is 2.79. The van der Waals surface area contributed by atoms with E-state index in [-0.39, 0.29) is 30.8 Å². The number of amides is 2. The molecule has 7 heteroatoms. The highest BCUT2D eigenvalue weighted by Gasteiger charge is 2.32. The van der Waals surface area contributed by atoms with Gasteiger partial charge in [0, 0.05) is 34.1 Å². The third kappa shape index (κ3) is 6.73. The van der Waals surface area contributed by atoms with Gasteiger partial charge < -0.3 is 10.2 Å². The number of nitrogens with one attached hydrogen (secondary N) is 1. The number of carbonyl (C=O) groups is 2. The molecular weight excluding hydrogens is 479 g/mol. The molecule has 0 spiro atoms. The Bertz CT molecular complexity index is 1100. The zero-order valence-electron chi connectivity index (χ0n) is 18.4.